The van der Waals surface area contributed by atoms with E-state index < -0.39 is 0 Å². The van der Waals surface area contributed by atoms with Crippen LogP contribution in [0.4, 0.5) is 0 Å². The van der Waals surface area contributed by atoms with Gasteiger partial charge < -0.3 is 5.73 Å². The number of nitrogens with two attached hydrogens (primary N) is 1. The van der Waals surface area contributed by atoms with E-state index in [1.54, 1.807) is 0 Å². The lowest BCUT2D eigenvalue weighted by Crippen LogP contribution is -2.31. The molecule has 0 unspecified atom stereocenters. The zero-order chi connectivity index (χ0) is 11.8. The highest BCUT2D eigenvalue weighted by atomic mass is 35.5. The summed E-state index contributed by atoms with van der Waals surface area (Å²) in [5.74, 6) is 1.14. The van der Waals surface area contributed by atoms with Gasteiger partial charge in [0.1, 0.15) is 0 Å². The second kappa shape index (κ2) is 7.96. The Morgan fingerprint density at radius 2 is 2.19 bits per heavy atom. The fourth-order valence-electron chi connectivity index (χ4n) is 1.57. The van der Waals surface area contributed by atoms with Crippen molar-refractivity contribution in [2.75, 3.05) is 31.6 Å². The van der Waals surface area contributed by atoms with Crippen LogP contribution in [-0.4, -0.2) is 36.5 Å². The topological polar surface area (TPSA) is 29.3 Å². The molecule has 0 fully saturated rings. The van der Waals surface area contributed by atoms with Crippen molar-refractivity contribution in [3.63, 3.8) is 0 Å². The van der Waals surface area contributed by atoms with Crippen LogP contribution in [0.15, 0.2) is 24.3 Å². The SMILES string of the molecule is CSCCN(CCN)Cc1cccc(Cl)c1. The number of thioether (sulfide) groups is 1. The van der Waals surface area contributed by atoms with Crippen molar-refractivity contribution in [3.8, 4) is 0 Å². The molecule has 1 rings (SSSR count). The van der Waals surface area contributed by atoms with Gasteiger partial charge in [0.15, 0.2) is 0 Å². The summed E-state index contributed by atoms with van der Waals surface area (Å²) in [5.41, 5.74) is 6.86. The molecule has 4 heteroatoms. The summed E-state index contributed by atoms with van der Waals surface area (Å²) >= 11 is 7.82. The first kappa shape index (κ1) is 13.8. The second-order valence-electron chi connectivity index (χ2n) is 3.69. The molecule has 1 aromatic rings. The number of benzene rings is 1. The maximum absolute atomic E-state index is 5.96. The Morgan fingerprint density at radius 3 is 2.81 bits per heavy atom. The molecule has 0 spiro atoms. The maximum atomic E-state index is 5.96. The molecule has 90 valence electrons. The van der Waals surface area contributed by atoms with Crippen LogP contribution < -0.4 is 5.73 Å². The molecule has 0 aliphatic rings. The highest BCUT2D eigenvalue weighted by Crippen LogP contribution is 2.12. The Morgan fingerprint density at radius 1 is 1.38 bits per heavy atom. The molecule has 0 heterocycles. The van der Waals surface area contributed by atoms with E-state index in [1.807, 2.05) is 30.0 Å². The lowest BCUT2D eigenvalue weighted by Gasteiger charge is -2.21. The first-order chi connectivity index (χ1) is 7.76. The van der Waals surface area contributed by atoms with Gasteiger partial charge in [-0.05, 0) is 24.0 Å². The van der Waals surface area contributed by atoms with Gasteiger partial charge in [0.05, 0.1) is 0 Å². The third-order valence-electron chi connectivity index (χ3n) is 2.35. The molecule has 0 amide bonds. The predicted molar refractivity (Wildman–Crippen MR) is 74.2 cm³/mol. The van der Waals surface area contributed by atoms with Crippen molar-refractivity contribution < 1.29 is 0 Å². The molecule has 0 radical (unpaired) electrons. The Bertz CT molecular complexity index is 307. The van der Waals surface area contributed by atoms with E-state index in [4.69, 9.17) is 17.3 Å². The minimum absolute atomic E-state index is 0.703. The Balaban J connectivity index is 2.52. The largest absolute Gasteiger partial charge is 0.329 e. The van der Waals surface area contributed by atoms with Gasteiger partial charge in [-0.15, -0.1) is 0 Å². The minimum Gasteiger partial charge on any atom is -0.329 e. The van der Waals surface area contributed by atoms with E-state index in [-0.39, 0.29) is 0 Å². The number of nitrogens with zero attached hydrogens (tertiary/aromatic N) is 1. The predicted octanol–water partition coefficient (Wildman–Crippen LogP) is 2.46. The summed E-state index contributed by atoms with van der Waals surface area (Å²) in [6, 6.07) is 8.02. The standard InChI is InChI=1S/C12H19ClN2S/c1-16-8-7-15(6-5-14)10-11-3-2-4-12(13)9-11/h2-4,9H,5-8,10,14H2,1H3. The van der Waals surface area contributed by atoms with E-state index in [0.717, 1.165) is 30.4 Å². The Labute approximate surface area is 107 Å². The van der Waals surface area contributed by atoms with E-state index in [0.29, 0.717) is 6.54 Å². The van der Waals surface area contributed by atoms with Crippen molar-refractivity contribution in [3.05, 3.63) is 34.9 Å². The van der Waals surface area contributed by atoms with Gasteiger partial charge >= 0.3 is 0 Å². The molecule has 1 aromatic carbocycles. The highest BCUT2D eigenvalue weighted by Gasteiger charge is 2.04. The van der Waals surface area contributed by atoms with Gasteiger partial charge in [0.2, 0.25) is 0 Å². The smallest absolute Gasteiger partial charge is 0.0409 e. The molecule has 0 aliphatic heterocycles. The van der Waals surface area contributed by atoms with Crippen molar-refractivity contribution in [1.29, 1.82) is 0 Å². The van der Waals surface area contributed by atoms with Crippen LogP contribution in [0.2, 0.25) is 5.02 Å². The molecular formula is C12H19ClN2S. The fourth-order valence-corrected chi connectivity index (χ4v) is 2.22. The van der Waals surface area contributed by atoms with Crippen LogP contribution in [0.25, 0.3) is 0 Å². The molecule has 0 aliphatic carbocycles. The second-order valence-corrected chi connectivity index (χ2v) is 5.11. The van der Waals surface area contributed by atoms with Crippen molar-refractivity contribution >= 4 is 23.4 Å². The monoisotopic (exact) mass is 258 g/mol. The molecule has 0 atom stereocenters. The van der Waals surface area contributed by atoms with Gasteiger partial charge in [0.25, 0.3) is 0 Å². The molecular weight excluding hydrogens is 240 g/mol. The van der Waals surface area contributed by atoms with Crippen LogP contribution in [0, 0.1) is 0 Å². The van der Waals surface area contributed by atoms with Crippen LogP contribution >= 0.6 is 23.4 Å². The van der Waals surface area contributed by atoms with Gasteiger partial charge in [-0.2, -0.15) is 11.8 Å². The fraction of sp³-hybridized carbons (Fsp3) is 0.500. The first-order valence-corrected chi connectivity index (χ1v) is 7.19. The Kier molecular flexibility index (Phi) is 6.88. The number of halogens is 1. The number of hydrogen-bond donors (Lipinski definition) is 1. The number of rotatable bonds is 7. The van der Waals surface area contributed by atoms with E-state index in [9.17, 15) is 0 Å². The van der Waals surface area contributed by atoms with Gasteiger partial charge in [-0.1, -0.05) is 23.7 Å². The molecule has 16 heavy (non-hydrogen) atoms. The van der Waals surface area contributed by atoms with Crippen molar-refractivity contribution in [2.24, 2.45) is 5.73 Å². The van der Waals surface area contributed by atoms with Crippen molar-refractivity contribution in [1.82, 2.24) is 4.90 Å². The van der Waals surface area contributed by atoms with Crippen LogP contribution in [0.5, 0.6) is 0 Å². The maximum Gasteiger partial charge on any atom is 0.0409 e. The lowest BCUT2D eigenvalue weighted by molar-refractivity contribution is 0.290. The minimum atomic E-state index is 0.703. The summed E-state index contributed by atoms with van der Waals surface area (Å²) in [6.45, 7) is 3.64. The van der Waals surface area contributed by atoms with Gasteiger partial charge in [-0.25, -0.2) is 0 Å². The van der Waals surface area contributed by atoms with Crippen molar-refractivity contribution in [2.45, 2.75) is 6.54 Å². The lowest BCUT2D eigenvalue weighted by atomic mass is 10.2. The summed E-state index contributed by atoms with van der Waals surface area (Å²) in [5, 5.41) is 0.801. The summed E-state index contributed by atoms with van der Waals surface area (Å²) < 4.78 is 0. The molecule has 0 aromatic heterocycles. The van der Waals surface area contributed by atoms with Crippen LogP contribution in [0.1, 0.15) is 5.56 Å². The van der Waals surface area contributed by atoms with Crippen LogP contribution in [0.3, 0.4) is 0 Å². The zero-order valence-corrected chi connectivity index (χ0v) is 11.2. The quantitative estimate of drug-likeness (QED) is 0.815. The zero-order valence-electron chi connectivity index (χ0n) is 9.66. The summed E-state index contributed by atoms with van der Waals surface area (Å²) in [7, 11) is 0. The summed E-state index contributed by atoms with van der Waals surface area (Å²) in [4.78, 5) is 2.36. The van der Waals surface area contributed by atoms with E-state index in [1.165, 1.54) is 5.56 Å². The molecule has 0 saturated carbocycles. The molecule has 2 nitrogen and oxygen atoms in total. The molecule has 0 saturated heterocycles. The van der Waals surface area contributed by atoms with Crippen LogP contribution in [-0.2, 0) is 6.54 Å². The van der Waals surface area contributed by atoms with E-state index >= 15 is 0 Å². The average molecular weight is 259 g/mol. The van der Waals surface area contributed by atoms with Gasteiger partial charge in [0, 0.05) is 37.0 Å². The summed E-state index contributed by atoms with van der Waals surface area (Å²) in [6.07, 6.45) is 2.13. The molecule has 2 N–H and O–H groups in total. The number of hydrogen-bond acceptors (Lipinski definition) is 3. The molecule has 0 bridgehead atoms. The van der Waals surface area contributed by atoms with E-state index in [2.05, 4.69) is 17.2 Å². The van der Waals surface area contributed by atoms with Gasteiger partial charge in [-0.3, -0.25) is 4.90 Å². The first-order valence-electron chi connectivity index (χ1n) is 5.42. The third-order valence-corrected chi connectivity index (χ3v) is 3.18. The Hall–Kier alpha value is -0.220. The normalized spacial score (nSPS) is 11.0. The highest BCUT2D eigenvalue weighted by molar-refractivity contribution is 7.98. The average Bonchev–Trinajstić information content (AvgIpc) is 2.26. The third kappa shape index (κ3) is 5.21.